The molecule has 130 valence electrons. The molecule has 1 amide bonds. The standard InChI is InChI=1S/C16H18FN3O2S.ClH/c17-13-4-2-1-3-11(13)10-20-7-8-23-16(20)19-15(21)14-6-5-12(9-18)22-14;/h1-4,7-8,12,14H,5-6,9-10,18H2;1H/t12-,14+;/m1./s1. The fourth-order valence-corrected chi connectivity index (χ4v) is 3.28. The Kier molecular flexibility index (Phi) is 6.68. The van der Waals surface area contributed by atoms with E-state index in [0.717, 1.165) is 6.42 Å². The zero-order valence-electron chi connectivity index (χ0n) is 12.9. The van der Waals surface area contributed by atoms with Crippen molar-refractivity contribution in [1.82, 2.24) is 4.57 Å². The molecule has 2 heterocycles. The van der Waals surface area contributed by atoms with Gasteiger partial charge in [0.1, 0.15) is 11.9 Å². The SMILES string of the molecule is Cl.NC[C@H]1CC[C@@H](C(=O)N=c2sccn2Cc2ccccc2F)O1. The lowest BCUT2D eigenvalue weighted by Crippen LogP contribution is -2.26. The van der Waals surface area contributed by atoms with Crippen LogP contribution in [0.1, 0.15) is 18.4 Å². The van der Waals surface area contributed by atoms with Crippen molar-refractivity contribution in [2.75, 3.05) is 6.54 Å². The molecular formula is C16H19ClFN3O2S. The second kappa shape index (κ2) is 8.53. The van der Waals surface area contributed by atoms with Crippen LogP contribution >= 0.6 is 23.7 Å². The number of nitrogens with zero attached hydrogens (tertiary/aromatic N) is 2. The first-order valence-corrected chi connectivity index (χ1v) is 8.37. The summed E-state index contributed by atoms with van der Waals surface area (Å²) in [5, 5.41) is 1.82. The largest absolute Gasteiger partial charge is 0.364 e. The minimum absolute atomic E-state index is 0. The van der Waals surface area contributed by atoms with Crippen LogP contribution in [0.3, 0.4) is 0 Å². The van der Waals surface area contributed by atoms with E-state index in [1.54, 1.807) is 29.0 Å². The Morgan fingerprint density at radius 2 is 2.21 bits per heavy atom. The Hall–Kier alpha value is -1.54. The highest BCUT2D eigenvalue weighted by atomic mass is 35.5. The predicted octanol–water partition coefficient (Wildman–Crippen LogP) is 2.09. The fraction of sp³-hybridized carbons (Fsp3) is 0.375. The van der Waals surface area contributed by atoms with Gasteiger partial charge in [0.25, 0.3) is 5.91 Å². The van der Waals surface area contributed by atoms with Crippen LogP contribution in [-0.2, 0) is 16.1 Å². The van der Waals surface area contributed by atoms with Gasteiger partial charge in [-0.05, 0) is 18.9 Å². The molecule has 2 N–H and O–H groups in total. The molecule has 0 saturated carbocycles. The highest BCUT2D eigenvalue weighted by Crippen LogP contribution is 2.19. The van der Waals surface area contributed by atoms with Crippen LogP contribution in [-0.4, -0.2) is 29.2 Å². The molecule has 24 heavy (non-hydrogen) atoms. The van der Waals surface area contributed by atoms with Crippen molar-refractivity contribution < 1.29 is 13.9 Å². The minimum atomic E-state index is -0.521. The first-order valence-electron chi connectivity index (χ1n) is 7.49. The Balaban J connectivity index is 0.00000208. The number of halogens is 2. The number of amides is 1. The monoisotopic (exact) mass is 371 g/mol. The lowest BCUT2D eigenvalue weighted by atomic mass is 10.2. The summed E-state index contributed by atoms with van der Waals surface area (Å²) in [6, 6.07) is 6.57. The van der Waals surface area contributed by atoms with Gasteiger partial charge >= 0.3 is 0 Å². The van der Waals surface area contributed by atoms with Crippen molar-refractivity contribution >= 4 is 29.7 Å². The number of hydrogen-bond acceptors (Lipinski definition) is 4. The van der Waals surface area contributed by atoms with Crippen LogP contribution in [0.5, 0.6) is 0 Å². The van der Waals surface area contributed by atoms with Gasteiger partial charge in [-0.2, -0.15) is 4.99 Å². The topological polar surface area (TPSA) is 69.6 Å². The number of benzene rings is 1. The molecule has 1 saturated heterocycles. The molecule has 3 rings (SSSR count). The predicted molar refractivity (Wildman–Crippen MR) is 92.6 cm³/mol. The number of rotatable bonds is 4. The van der Waals surface area contributed by atoms with Gasteiger partial charge in [-0.1, -0.05) is 18.2 Å². The van der Waals surface area contributed by atoms with Crippen molar-refractivity contribution in [3.63, 3.8) is 0 Å². The Bertz CT molecular complexity index is 762. The summed E-state index contributed by atoms with van der Waals surface area (Å²) in [6.07, 6.45) is 2.63. The number of ether oxygens (including phenoxy) is 1. The minimum Gasteiger partial charge on any atom is -0.364 e. The molecule has 0 bridgehead atoms. The third-order valence-electron chi connectivity index (χ3n) is 3.81. The van der Waals surface area contributed by atoms with E-state index in [9.17, 15) is 9.18 Å². The first-order chi connectivity index (χ1) is 11.2. The summed E-state index contributed by atoms with van der Waals surface area (Å²) in [4.78, 5) is 16.9. The smallest absolute Gasteiger partial charge is 0.277 e. The lowest BCUT2D eigenvalue weighted by Gasteiger charge is -2.08. The molecule has 0 aliphatic carbocycles. The number of nitrogens with two attached hydrogens (primary N) is 1. The number of aromatic nitrogens is 1. The van der Waals surface area contributed by atoms with Crippen LogP contribution in [0.4, 0.5) is 4.39 Å². The van der Waals surface area contributed by atoms with E-state index in [1.807, 2.05) is 5.38 Å². The van der Waals surface area contributed by atoms with Gasteiger partial charge < -0.3 is 15.0 Å². The van der Waals surface area contributed by atoms with Crippen LogP contribution in [0, 0.1) is 5.82 Å². The van der Waals surface area contributed by atoms with E-state index in [4.69, 9.17) is 10.5 Å². The van der Waals surface area contributed by atoms with E-state index in [2.05, 4.69) is 4.99 Å². The van der Waals surface area contributed by atoms with Gasteiger partial charge in [-0.15, -0.1) is 23.7 Å². The van der Waals surface area contributed by atoms with Gasteiger partial charge in [-0.3, -0.25) is 4.79 Å². The lowest BCUT2D eigenvalue weighted by molar-refractivity contribution is -0.128. The molecular weight excluding hydrogens is 353 g/mol. The van der Waals surface area contributed by atoms with Crippen LogP contribution in [0.25, 0.3) is 0 Å². The van der Waals surface area contributed by atoms with Crippen molar-refractivity contribution in [2.24, 2.45) is 10.7 Å². The molecule has 0 radical (unpaired) electrons. The maximum Gasteiger partial charge on any atom is 0.277 e. The Morgan fingerprint density at radius 1 is 1.42 bits per heavy atom. The van der Waals surface area contributed by atoms with Gasteiger partial charge in [0.05, 0.1) is 12.6 Å². The number of carbonyl (C=O) groups is 1. The highest BCUT2D eigenvalue weighted by Gasteiger charge is 2.29. The maximum atomic E-state index is 13.8. The average Bonchev–Trinajstić information content (AvgIpc) is 3.19. The molecule has 5 nitrogen and oxygen atoms in total. The second-order valence-corrected chi connectivity index (χ2v) is 6.29. The highest BCUT2D eigenvalue weighted by molar-refractivity contribution is 7.07. The quantitative estimate of drug-likeness (QED) is 0.894. The zero-order valence-corrected chi connectivity index (χ0v) is 14.6. The molecule has 0 spiro atoms. The van der Waals surface area contributed by atoms with E-state index < -0.39 is 6.10 Å². The van der Waals surface area contributed by atoms with Crippen LogP contribution < -0.4 is 10.5 Å². The third-order valence-corrected chi connectivity index (χ3v) is 4.60. The van der Waals surface area contributed by atoms with E-state index in [-0.39, 0.29) is 30.2 Å². The summed E-state index contributed by atoms with van der Waals surface area (Å²) in [5.74, 6) is -0.570. The first kappa shape index (κ1) is 18.8. The molecule has 8 heteroatoms. The van der Waals surface area contributed by atoms with Gasteiger partial charge in [0.2, 0.25) is 0 Å². The Morgan fingerprint density at radius 3 is 2.92 bits per heavy atom. The van der Waals surface area contributed by atoms with Crippen molar-refractivity contribution in [3.8, 4) is 0 Å². The average molecular weight is 372 g/mol. The van der Waals surface area contributed by atoms with Crippen LogP contribution in [0.2, 0.25) is 0 Å². The van der Waals surface area contributed by atoms with Crippen molar-refractivity contribution in [1.29, 1.82) is 0 Å². The van der Waals surface area contributed by atoms with Crippen LogP contribution in [0.15, 0.2) is 40.8 Å². The summed E-state index contributed by atoms with van der Waals surface area (Å²) in [7, 11) is 0. The third kappa shape index (κ3) is 4.30. The summed E-state index contributed by atoms with van der Waals surface area (Å²) in [5.41, 5.74) is 6.11. The maximum absolute atomic E-state index is 13.8. The number of hydrogen-bond donors (Lipinski definition) is 1. The summed E-state index contributed by atoms with van der Waals surface area (Å²) >= 11 is 1.34. The van der Waals surface area contributed by atoms with Crippen molar-refractivity contribution in [3.05, 3.63) is 52.0 Å². The molecule has 2 aromatic rings. The molecule has 0 unspecified atom stereocenters. The van der Waals surface area contributed by atoms with Crippen molar-refractivity contribution in [2.45, 2.75) is 31.6 Å². The molecule has 1 aromatic carbocycles. The fourth-order valence-electron chi connectivity index (χ4n) is 2.54. The van der Waals surface area contributed by atoms with Gasteiger partial charge in [0.15, 0.2) is 4.80 Å². The summed E-state index contributed by atoms with van der Waals surface area (Å²) in [6.45, 7) is 0.745. The normalized spacial score (nSPS) is 20.8. The Labute approximate surface area is 149 Å². The number of thiazole rings is 1. The van der Waals surface area contributed by atoms with E-state index in [0.29, 0.717) is 29.9 Å². The molecule has 1 aliphatic heterocycles. The van der Waals surface area contributed by atoms with Gasteiger partial charge in [-0.25, -0.2) is 4.39 Å². The zero-order chi connectivity index (χ0) is 16.2. The molecule has 1 aromatic heterocycles. The molecule has 1 fully saturated rings. The molecule has 1 aliphatic rings. The van der Waals surface area contributed by atoms with Gasteiger partial charge in [0, 0.05) is 23.7 Å². The summed E-state index contributed by atoms with van der Waals surface area (Å²) < 4.78 is 21.1. The molecule has 2 atom stereocenters. The number of carbonyl (C=O) groups excluding carboxylic acids is 1. The van der Waals surface area contributed by atoms with E-state index >= 15 is 0 Å². The van der Waals surface area contributed by atoms with E-state index in [1.165, 1.54) is 17.4 Å². The second-order valence-electron chi connectivity index (χ2n) is 5.41.